The van der Waals surface area contributed by atoms with E-state index in [1.54, 1.807) is 11.0 Å². The molecule has 0 unspecified atom stereocenters. The van der Waals surface area contributed by atoms with Crippen molar-refractivity contribution in [2.24, 2.45) is 0 Å². The van der Waals surface area contributed by atoms with Crippen LogP contribution in [0.4, 0.5) is 10.6 Å². The average molecular weight is 182 g/mol. The van der Waals surface area contributed by atoms with E-state index in [2.05, 4.69) is 5.10 Å². The summed E-state index contributed by atoms with van der Waals surface area (Å²) in [6.45, 7) is 1.50. The Balaban J connectivity index is 1.97. The lowest BCUT2D eigenvalue weighted by molar-refractivity contribution is 0.0632. The Bertz CT molecular complexity index is 318. The molecule has 0 bridgehead atoms. The molecule has 1 aliphatic heterocycles. The lowest BCUT2D eigenvalue weighted by Gasteiger charge is -2.29. The van der Waals surface area contributed by atoms with Gasteiger partial charge in [-0.25, -0.2) is 4.79 Å². The van der Waals surface area contributed by atoms with E-state index < -0.39 is 6.09 Å². The van der Waals surface area contributed by atoms with Gasteiger partial charge in [0, 0.05) is 19.2 Å². The van der Waals surface area contributed by atoms with Crippen molar-refractivity contribution in [3.05, 3.63) is 12.3 Å². The van der Waals surface area contributed by atoms with Crippen LogP contribution in [0.3, 0.4) is 0 Å². The van der Waals surface area contributed by atoms with Gasteiger partial charge in [0.05, 0.1) is 6.20 Å². The smallest absolute Gasteiger partial charge is 0.381 e. The molecular weight excluding hydrogens is 172 g/mol. The molecule has 1 saturated heterocycles. The third-order valence-electron chi connectivity index (χ3n) is 1.92. The van der Waals surface area contributed by atoms with Gasteiger partial charge in [-0.1, -0.05) is 4.85 Å². The fourth-order valence-electron chi connectivity index (χ4n) is 1.01. The Morgan fingerprint density at radius 3 is 2.85 bits per heavy atom. The lowest BCUT2D eigenvalue weighted by atomic mass is 10.2. The molecule has 0 saturated carbocycles. The number of rotatable bonds is 1. The minimum atomic E-state index is -0.401. The summed E-state index contributed by atoms with van der Waals surface area (Å²) in [5.74, 6) is 0.314. The van der Waals surface area contributed by atoms with Gasteiger partial charge in [0.15, 0.2) is 5.82 Å². The first-order valence-electron chi connectivity index (χ1n) is 4.04. The summed E-state index contributed by atoms with van der Waals surface area (Å²) in [4.78, 5) is 18.7. The van der Waals surface area contributed by atoms with Crippen molar-refractivity contribution in [1.82, 2.24) is 14.8 Å². The maximum absolute atomic E-state index is 11.2. The third-order valence-corrected chi connectivity index (χ3v) is 1.92. The van der Waals surface area contributed by atoms with Crippen LogP contribution in [0.1, 0.15) is 6.42 Å². The molecule has 13 heavy (non-hydrogen) atoms. The first-order chi connectivity index (χ1) is 6.27. The van der Waals surface area contributed by atoms with Crippen LogP contribution >= 0.6 is 0 Å². The Kier molecular flexibility index (Phi) is 1.80. The summed E-state index contributed by atoms with van der Waals surface area (Å²) in [5, 5.41) is 3.72. The highest BCUT2D eigenvalue weighted by molar-refractivity contribution is 5.68. The van der Waals surface area contributed by atoms with Crippen molar-refractivity contribution >= 4 is 11.9 Å². The zero-order chi connectivity index (χ0) is 9.26. The quantitative estimate of drug-likeness (QED) is 0.648. The van der Waals surface area contributed by atoms with Crippen LogP contribution in [0, 0.1) is 0 Å². The van der Waals surface area contributed by atoms with E-state index in [0.29, 0.717) is 5.82 Å². The molecule has 6 heteroatoms. The minimum absolute atomic E-state index is 0.314. The molecule has 1 amide bonds. The maximum Gasteiger partial charge on any atom is 0.436 e. The van der Waals surface area contributed by atoms with E-state index >= 15 is 0 Å². The van der Waals surface area contributed by atoms with E-state index in [0.717, 1.165) is 24.4 Å². The largest absolute Gasteiger partial charge is 0.436 e. The predicted octanol–water partition coefficient (Wildman–Crippen LogP) is -0.280. The monoisotopic (exact) mass is 182 g/mol. The highest BCUT2D eigenvalue weighted by atomic mass is 16.7. The van der Waals surface area contributed by atoms with Gasteiger partial charge in [0.1, 0.15) is 0 Å². The number of aromatic nitrogens is 2. The molecule has 70 valence electrons. The fraction of sp³-hybridized carbons (Fsp3) is 0.429. The minimum Gasteiger partial charge on any atom is -0.381 e. The van der Waals surface area contributed by atoms with Gasteiger partial charge in [-0.3, -0.25) is 4.84 Å². The van der Waals surface area contributed by atoms with Gasteiger partial charge in [-0.2, -0.15) is 0 Å². The zero-order valence-electron chi connectivity index (χ0n) is 7.01. The van der Waals surface area contributed by atoms with Crippen LogP contribution in [0.5, 0.6) is 0 Å². The molecule has 1 fully saturated rings. The number of nitrogens with zero attached hydrogens (tertiary/aromatic N) is 3. The molecule has 0 atom stereocenters. The Morgan fingerprint density at radius 1 is 1.62 bits per heavy atom. The van der Waals surface area contributed by atoms with Crippen molar-refractivity contribution < 1.29 is 9.63 Å². The first kappa shape index (κ1) is 7.90. The number of likely N-dealkylation sites (tertiary alicyclic amines) is 1. The Labute approximate surface area is 74.8 Å². The highest BCUT2D eigenvalue weighted by Gasteiger charge is 2.22. The van der Waals surface area contributed by atoms with E-state index in [1.807, 2.05) is 0 Å². The lowest BCUT2D eigenvalue weighted by Crippen LogP contribution is -2.45. The number of anilines is 1. The van der Waals surface area contributed by atoms with E-state index in [4.69, 9.17) is 10.6 Å². The van der Waals surface area contributed by atoms with Gasteiger partial charge >= 0.3 is 6.09 Å². The SMILES string of the molecule is Nc1ccnn1OC(=O)N1CCC1. The summed E-state index contributed by atoms with van der Waals surface area (Å²) >= 11 is 0. The number of hydrogen-bond acceptors (Lipinski definition) is 4. The van der Waals surface area contributed by atoms with Crippen LogP contribution in [-0.2, 0) is 0 Å². The van der Waals surface area contributed by atoms with Crippen molar-refractivity contribution in [1.29, 1.82) is 0 Å². The summed E-state index contributed by atoms with van der Waals surface area (Å²) in [5.41, 5.74) is 5.45. The number of nitrogen functional groups attached to an aromatic ring is 1. The summed E-state index contributed by atoms with van der Waals surface area (Å²) < 4.78 is 0. The normalized spacial score (nSPS) is 15.2. The molecule has 1 aromatic heterocycles. The van der Waals surface area contributed by atoms with Gasteiger partial charge in [-0.05, 0) is 6.42 Å². The Morgan fingerprint density at radius 2 is 2.38 bits per heavy atom. The second-order valence-electron chi connectivity index (χ2n) is 2.83. The standard InChI is InChI=1S/C7H10N4O2/c8-6-2-3-9-11(6)13-7(12)10-4-1-5-10/h2-3H,1,4-5,8H2. The molecule has 0 radical (unpaired) electrons. The van der Waals surface area contributed by atoms with Crippen LogP contribution in [0.25, 0.3) is 0 Å². The maximum atomic E-state index is 11.2. The molecule has 1 aromatic rings. The van der Waals surface area contributed by atoms with E-state index in [9.17, 15) is 4.79 Å². The van der Waals surface area contributed by atoms with E-state index in [-0.39, 0.29) is 0 Å². The number of carbonyl (C=O) groups is 1. The first-order valence-corrected chi connectivity index (χ1v) is 4.04. The van der Waals surface area contributed by atoms with Crippen molar-refractivity contribution in [2.45, 2.75) is 6.42 Å². The second-order valence-corrected chi connectivity index (χ2v) is 2.83. The van der Waals surface area contributed by atoms with Gasteiger partial charge in [0.25, 0.3) is 0 Å². The summed E-state index contributed by atoms with van der Waals surface area (Å²) in [6.07, 6.45) is 2.10. The fourth-order valence-corrected chi connectivity index (χ4v) is 1.01. The second kappa shape index (κ2) is 2.96. The summed E-state index contributed by atoms with van der Waals surface area (Å²) in [7, 11) is 0. The molecule has 2 N–H and O–H groups in total. The predicted molar refractivity (Wildman–Crippen MR) is 44.8 cm³/mol. The number of carbonyl (C=O) groups excluding carboxylic acids is 1. The molecule has 2 rings (SSSR count). The number of hydrogen-bond donors (Lipinski definition) is 1. The van der Waals surface area contributed by atoms with Gasteiger partial charge in [0.2, 0.25) is 0 Å². The van der Waals surface area contributed by atoms with Gasteiger partial charge in [-0.15, -0.1) is 5.10 Å². The molecular formula is C7H10N4O2. The summed E-state index contributed by atoms with van der Waals surface area (Å²) in [6, 6.07) is 1.56. The third kappa shape index (κ3) is 1.42. The van der Waals surface area contributed by atoms with Crippen molar-refractivity contribution in [2.75, 3.05) is 18.8 Å². The molecule has 0 aliphatic carbocycles. The van der Waals surface area contributed by atoms with Crippen LogP contribution < -0.4 is 10.6 Å². The van der Waals surface area contributed by atoms with Crippen molar-refractivity contribution in [3.8, 4) is 0 Å². The molecule has 2 heterocycles. The topological polar surface area (TPSA) is 73.4 Å². The van der Waals surface area contributed by atoms with Crippen LogP contribution in [-0.4, -0.2) is 34.0 Å². The number of amides is 1. The van der Waals surface area contributed by atoms with Crippen LogP contribution in [0.2, 0.25) is 0 Å². The van der Waals surface area contributed by atoms with Gasteiger partial charge < -0.3 is 10.6 Å². The van der Waals surface area contributed by atoms with Crippen LogP contribution in [0.15, 0.2) is 12.3 Å². The molecule has 0 aromatic carbocycles. The number of nitrogens with two attached hydrogens (primary N) is 1. The Hall–Kier alpha value is -1.72. The average Bonchev–Trinajstić information content (AvgIpc) is 2.32. The molecule has 1 aliphatic rings. The molecule has 0 spiro atoms. The molecule has 6 nitrogen and oxygen atoms in total. The highest BCUT2D eigenvalue weighted by Crippen LogP contribution is 2.06. The van der Waals surface area contributed by atoms with Crippen molar-refractivity contribution in [3.63, 3.8) is 0 Å². The van der Waals surface area contributed by atoms with E-state index in [1.165, 1.54) is 6.20 Å². The zero-order valence-corrected chi connectivity index (χ0v) is 7.01.